The van der Waals surface area contributed by atoms with Crippen molar-refractivity contribution < 1.29 is 14.3 Å². The topological polar surface area (TPSA) is 63.3 Å². The van der Waals surface area contributed by atoms with E-state index in [0.29, 0.717) is 11.3 Å². The van der Waals surface area contributed by atoms with E-state index in [1.165, 1.54) is 6.07 Å². The molecule has 1 aromatic carbocycles. The number of hydrogen-bond acceptors (Lipinski definition) is 2. The summed E-state index contributed by atoms with van der Waals surface area (Å²) in [6.45, 7) is 0. The summed E-state index contributed by atoms with van der Waals surface area (Å²) < 4.78 is 12.6. The second-order valence-electron chi connectivity index (χ2n) is 2.43. The molecule has 0 aromatic heterocycles. The average Bonchev–Trinajstić information content (AvgIpc) is 2.08. The monoisotopic (exact) mass is 181 g/mol. The highest BCUT2D eigenvalue weighted by atomic mass is 19.1. The van der Waals surface area contributed by atoms with Crippen LogP contribution in [-0.2, 0) is 4.79 Å². The molecule has 3 N–H and O–H groups in total. The summed E-state index contributed by atoms with van der Waals surface area (Å²) in [5, 5.41) is 8.25. The lowest BCUT2D eigenvalue weighted by molar-refractivity contribution is -0.134. The molecule has 0 saturated carbocycles. The number of benzene rings is 1. The van der Waals surface area contributed by atoms with Crippen LogP contribution >= 0.6 is 0 Å². The van der Waals surface area contributed by atoms with Crippen molar-refractivity contribution in [3.05, 3.63) is 35.7 Å². The Hall–Kier alpha value is -1.84. The summed E-state index contributed by atoms with van der Waals surface area (Å²) in [5.74, 6) is -2.82. The Morgan fingerprint density at radius 1 is 1.46 bits per heavy atom. The van der Waals surface area contributed by atoms with Crippen LogP contribution in [0.15, 0.2) is 30.1 Å². The number of anilines is 1. The summed E-state index contributed by atoms with van der Waals surface area (Å²) in [6.07, 6.45) is 0.887. The lowest BCUT2D eigenvalue weighted by Gasteiger charge is -1.97. The van der Waals surface area contributed by atoms with E-state index in [2.05, 4.69) is 0 Å². The summed E-state index contributed by atoms with van der Waals surface area (Å²) in [5.41, 5.74) is 6.17. The third-order valence-corrected chi connectivity index (χ3v) is 1.48. The number of carbonyl (C=O) groups is 1. The maximum Gasteiger partial charge on any atom is 0.364 e. The summed E-state index contributed by atoms with van der Waals surface area (Å²) in [4.78, 5) is 10.1. The van der Waals surface area contributed by atoms with Gasteiger partial charge in [-0.25, -0.2) is 4.79 Å². The zero-order valence-corrected chi connectivity index (χ0v) is 6.70. The van der Waals surface area contributed by atoms with Crippen LogP contribution in [0.5, 0.6) is 0 Å². The molecule has 0 unspecified atom stereocenters. The first-order chi connectivity index (χ1) is 6.11. The number of carboxylic acid groups (broad SMARTS) is 1. The molecule has 0 aliphatic carbocycles. The van der Waals surface area contributed by atoms with Crippen molar-refractivity contribution in [2.75, 3.05) is 5.73 Å². The predicted molar refractivity (Wildman–Crippen MR) is 47.6 cm³/mol. The fourth-order valence-corrected chi connectivity index (χ4v) is 0.841. The van der Waals surface area contributed by atoms with Crippen LogP contribution in [-0.4, -0.2) is 11.1 Å². The van der Waals surface area contributed by atoms with Crippen molar-refractivity contribution in [3.8, 4) is 0 Å². The second kappa shape index (κ2) is 3.71. The zero-order chi connectivity index (χ0) is 9.84. The molecule has 0 heterocycles. The fourth-order valence-electron chi connectivity index (χ4n) is 0.841. The van der Waals surface area contributed by atoms with Crippen LogP contribution in [0.1, 0.15) is 5.56 Å². The Labute approximate surface area is 74.3 Å². The fraction of sp³-hybridized carbons (Fsp3) is 0. The van der Waals surface area contributed by atoms with Gasteiger partial charge in [-0.05, 0) is 12.1 Å². The molecule has 0 radical (unpaired) electrons. The van der Waals surface area contributed by atoms with Gasteiger partial charge in [-0.2, -0.15) is 4.39 Å². The second-order valence-corrected chi connectivity index (χ2v) is 2.43. The Balaban J connectivity index is 3.04. The van der Waals surface area contributed by atoms with Crippen molar-refractivity contribution in [1.82, 2.24) is 0 Å². The van der Waals surface area contributed by atoms with Gasteiger partial charge in [-0.3, -0.25) is 0 Å². The number of nitrogen functional groups attached to an aromatic ring is 1. The molecule has 0 amide bonds. The summed E-state index contributed by atoms with van der Waals surface area (Å²) >= 11 is 0. The third kappa shape index (κ3) is 2.30. The molecule has 0 aliphatic heterocycles. The van der Waals surface area contributed by atoms with Crippen LogP contribution in [0, 0.1) is 0 Å². The molecule has 4 heteroatoms. The molecule has 0 spiro atoms. The maximum atomic E-state index is 12.6. The van der Waals surface area contributed by atoms with E-state index in [9.17, 15) is 9.18 Å². The normalized spacial score (nSPS) is 11.3. The quantitative estimate of drug-likeness (QED) is 0.538. The number of aliphatic carboxylic acids is 1. The van der Waals surface area contributed by atoms with Crippen molar-refractivity contribution in [2.45, 2.75) is 0 Å². The molecule has 0 fully saturated rings. The van der Waals surface area contributed by atoms with Gasteiger partial charge in [0.2, 0.25) is 5.83 Å². The average molecular weight is 181 g/mol. The van der Waals surface area contributed by atoms with Gasteiger partial charge in [0.25, 0.3) is 0 Å². The lowest BCUT2D eigenvalue weighted by atomic mass is 10.1. The minimum absolute atomic E-state index is 0.346. The van der Waals surface area contributed by atoms with Gasteiger partial charge < -0.3 is 10.8 Å². The molecule has 0 aliphatic rings. The number of hydrogen-bond donors (Lipinski definition) is 2. The van der Waals surface area contributed by atoms with Gasteiger partial charge in [-0.1, -0.05) is 18.2 Å². The van der Waals surface area contributed by atoms with E-state index in [1.54, 1.807) is 18.2 Å². The van der Waals surface area contributed by atoms with Gasteiger partial charge in [0.15, 0.2) is 0 Å². The highest BCUT2D eigenvalue weighted by Crippen LogP contribution is 2.15. The molecule has 68 valence electrons. The number of rotatable bonds is 2. The van der Waals surface area contributed by atoms with Gasteiger partial charge in [0, 0.05) is 11.3 Å². The van der Waals surface area contributed by atoms with Gasteiger partial charge in [0.1, 0.15) is 0 Å². The van der Waals surface area contributed by atoms with Crippen molar-refractivity contribution in [2.24, 2.45) is 0 Å². The molecule has 1 aromatic rings. The highest BCUT2D eigenvalue weighted by molar-refractivity contribution is 5.90. The highest BCUT2D eigenvalue weighted by Gasteiger charge is 2.05. The van der Waals surface area contributed by atoms with Gasteiger partial charge in [-0.15, -0.1) is 0 Å². The van der Waals surface area contributed by atoms with Gasteiger partial charge >= 0.3 is 5.97 Å². The van der Waals surface area contributed by atoms with E-state index in [-0.39, 0.29) is 0 Å². The number of carboxylic acids is 1. The molecule has 0 bridgehead atoms. The Morgan fingerprint density at radius 3 is 2.62 bits per heavy atom. The molecular formula is C9H8FNO2. The van der Waals surface area contributed by atoms with Crippen LogP contribution in [0.25, 0.3) is 6.08 Å². The molecule has 0 atom stereocenters. The first-order valence-electron chi connectivity index (χ1n) is 3.56. The molecule has 0 saturated heterocycles. The minimum atomic E-state index is -1.59. The van der Waals surface area contributed by atoms with E-state index >= 15 is 0 Å². The van der Waals surface area contributed by atoms with Crippen LogP contribution in [0.4, 0.5) is 10.1 Å². The first kappa shape index (κ1) is 9.25. The van der Waals surface area contributed by atoms with E-state index in [1.807, 2.05) is 0 Å². The largest absolute Gasteiger partial charge is 0.476 e. The third-order valence-electron chi connectivity index (χ3n) is 1.48. The SMILES string of the molecule is Nc1ccccc1/C=C(\F)C(=O)O. The van der Waals surface area contributed by atoms with Crippen LogP contribution in [0.3, 0.4) is 0 Å². The summed E-state index contributed by atoms with van der Waals surface area (Å²) in [6, 6.07) is 6.45. The van der Waals surface area contributed by atoms with Gasteiger partial charge in [0.05, 0.1) is 0 Å². The lowest BCUT2D eigenvalue weighted by Crippen LogP contribution is -1.95. The van der Waals surface area contributed by atoms with Crippen LogP contribution < -0.4 is 5.73 Å². The van der Waals surface area contributed by atoms with E-state index in [0.717, 1.165) is 6.08 Å². The number of para-hydroxylation sites is 1. The number of nitrogens with two attached hydrogens (primary N) is 1. The van der Waals surface area contributed by atoms with Crippen LogP contribution in [0.2, 0.25) is 0 Å². The van der Waals surface area contributed by atoms with E-state index < -0.39 is 11.8 Å². The smallest absolute Gasteiger partial charge is 0.364 e. The molecular weight excluding hydrogens is 173 g/mol. The van der Waals surface area contributed by atoms with Crippen molar-refractivity contribution >= 4 is 17.7 Å². The van der Waals surface area contributed by atoms with Crippen molar-refractivity contribution in [1.29, 1.82) is 0 Å². The Kier molecular flexibility index (Phi) is 2.64. The maximum absolute atomic E-state index is 12.6. The molecule has 13 heavy (non-hydrogen) atoms. The Morgan fingerprint density at radius 2 is 2.08 bits per heavy atom. The molecule has 3 nitrogen and oxygen atoms in total. The standard InChI is InChI=1S/C9H8FNO2/c10-7(9(12)13)5-6-3-1-2-4-8(6)11/h1-5H,11H2,(H,12,13)/b7-5-. The Bertz CT molecular complexity index is 360. The number of halogens is 1. The summed E-state index contributed by atoms with van der Waals surface area (Å²) in [7, 11) is 0. The predicted octanol–water partition coefficient (Wildman–Crippen LogP) is 1.66. The zero-order valence-electron chi connectivity index (χ0n) is 6.70. The minimum Gasteiger partial charge on any atom is -0.476 e. The van der Waals surface area contributed by atoms with E-state index in [4.69, 9.17) is 10.8 Å². The molecule has 1 rings (SSSR count). The first-order valence-corrected chi connectivity index (χ1v) is 3.56. The van der Waals surface area contributed by atoms with Crippen molar-refractivity contribution in [3.63, 3.8) is 0 Å².